The fourth-order valence-electron chi connectivity index (χ4n) is 3.52. The summed E-state index contributed by atoms with van der Waals surface area (Å²) >= 11 is 6.02. The molecule has 0 aliphatic heterocycles. The summed E-state index contributed by atoms with van der Waals surface area (Å²) in [6.07, 6.45) is 2.46. The number of para-hydroxylation sites is 1. The highest BCUT2D eigenvalue weighted by molar-refractivity contribution is 7.89. The SMILES string of the molecule is CC(Cc1c[nH]c2ccccc12)NS(=O)(=O)c1ccc(Oc2cccc(Cl)c2C#N)cc1. The van der Waals surface area contributed by atoms with E-state index in [0.29, 0.717) is 17.9 Å². The molecule has 6 nitrogen and oxygen atoms in total. The van der Waals surface area contributed by atoms with Gasteiger partial charge in [-0.25, -0.2) is 13.1 Å². The third-order valence-electron chi connectivity index (χ3n) is 5.01. The van der Waals surface area contributed by atoms with Gasteiger partial charge >= 0.3 is 0 Å². The average Bonchev–Trinajstić information content (AvgIpc) is 3.17. The van der Waals surface area contributed by atoms with Crippen LogP contribution in [-0.2, 0) is 16.4 Å². The molecule has 0 aliphatic rings. The third kappa shape index (κ3) is 4.63. The number of aromatic nitrogens is 1. The molecule has 1 atom stereocenters. The molecule has 0 saturated carbocycles. The zero-order valence-electron chi connectivity index (χ0n) is 17.2. The van der Waals surface area contributed by atoms with E-state index in [9.17, 15) is 13.7 Å². The minimum atomic E-state index is -3.71. The van der Waals surface area contributed by atoms with Gasteiger partial charge in [-0.2, -0.15) is 5.26 Å². The van der Waals surface area contributed by atoms with E-state index in [2.05, 4.69) is 9.71 Å². The molecule has 0 amide bonds. The normalized spacial score (nSPS) is 12.4. The van der Waals surface area contributed by atoms with Crippen molar-refractivity contribution in [1.82, 2.24) is 9.71 Å². The van der Waals surface area contributed by atoms with Gasteiger partial charge in [0.1, 0.15) is 23.1 Å². The smallest absolute Gasteiger partial charge is 0.240 e. The Labute approximate surface area is 191 Å². The fraction of sp³-hybridized carbons (Fsp3) is 0.125. The number of aromatic amines is 1. The van der Waals surface area contributed by atoms with Crippen LogP contribution in [0, 0.1) is 11.3 Å². The molecule has 32 heavy (non-hydrogen) atoms. The molecule has 3 aromatic carbocycles. The topological polar surface area (TPSA) is 95.0 Å². The molecular weight excluding hydrogens is 446 g/mol. The van der Waals surface area contributed by atoms with Crippen molar-refractivity contribution in [2.24, 2.45) is 0 Å². The van der Waals surface area contributed by atoms with Crippen LogP contribution in [0.25, 0.3) is 10.9 Å². The Bertz CT molecular complexity index is 1410. The van der Waals surface area contributed by atoms with Gasteiger partial charge < -0.3 is 9.72 Å². The lowest BCUT2D eigenvalue weighted by Crippen LogP contribution is -2.34. The maximum atomic E-state index is 12.8. The largest absolute Gasteiger partial charge is 0.456 e. The van der Waals surface area contributed by atoms with Crippen molar-refractivity contribution in [3.63, 3.8) is 0 Å². The van der Waals surface area contributed by atoms with Gasteiger partial charge in [-0.1, -0.05) is 35.9 Å². The fourth-order valence-corrected chi connectivity index (χ4v) is 4.97. The van der Waals surface area contributed by atoms with Gasteiger partial charge in [-0.3, -0.25) is 0 Å². The van der Waals surface area contributed by atoms with Crippen LogP contribution in [-0.4, -0.2) is 19.4 Å². The molecule has 2 N–H and O–H groups in total. The van der Waals surface area contributed by atoms with E-state index in [-0.39, 0.29) is 21.5 Å². The van der Waals surface area contributed by atoms with Crippen LogP contribution < -0.4 is 9.46 Å². The average molecular weight is 466 g/mol. The van der Waals surface area contributed by atoms with E-state index in [0.717, 1.165) is 16.5 Å². The summed E-state index contributed by atoms with van der Waals surface area (Å²) in [5.74, 6) is 0.704. The Kier molecular flexibility index (Phi) is 6.19. The summed E-state index contributed by atoms with van der Waals surface area (Å²) in [5, 5.41) is 10.6. The molecule has 4 aromatic rings. The molecule has 0 fully saturated rings. The number of sulfonamides is 1. The van der Waals surface area contributed by atoms with Crippen molar-refractivity contribution < 1.29 is 13.2 Å². The first-order chi connectivity index (χ1) is 15.4. The van der Waals surface area contributed by atoms with Crippen LogP contribution in [0.1, 0.15) is 18.1 Å². The second-order valence-electron chi connectivity index (χ2n) is 7.38. The second kappa shape index (κ2) is 9.05. The molecule has 0 saturated heterocycles. The summed E-state index contributed by atoms with van der Waals surface area (Å²) < 4.78 is 34.1. The Balaban J connectivity index is 1.46. The summed E-state index contributed by atoms with van der Waals surface area (Å²) in [7, 11) is -3.71. The molecule has 1 unspecified atom stereocenters. The molecule has 4 rings (SSSR count). The summed E-state index contributed by atoms with van der Waals surface area (Å²) in [6, 6.07) is 20.5. The van der Waals surface area contributed by atoms with Crippen molar-refractivity contribution in [3.05, 3.63) is 89.1 Å². The number of ether oxygens (including phenoxy) is 1. The van der Waals surface area contributed by atoms with Gasteiger partial charge in [0.05, 0.1) is 9.92 Å². The van der Waals surface area contributed by atoms with Crippen molar-refractivity contribution in [2.45, 2.75) is 24.3 Å². The minimum Gasteiger partial charge on any atom is -0.456 e. The van der Waals surface area contributed by atoms with Crippen LogP contribution in [0.2, 0.25) is 5.02 Å². The maximum Gasteiger partial charge on any atom is 0.240 e. The lowest BCUT2D eigenvalue weighted by Gasteiger charge is -2.14. The van der Waals surface area contributed by atoms with Crippen LogP contribution >= 0.6 is 11.6 Å². The number of H-pyrrole nitrogens is 1. The number of nitriles is 1. The van der Waals surface area contributed by atoms with Gasteiger partial charge in [-0.05, 0) is 61.4 Å². The molecule has 0 spiro atoms. The Morgan fingerprint density at radius 1 is 1.09 bits per heavy atom. The zero-order chi connectivity index (χ0) is 22.7. The van der Waals surface area contributed by atoms with Gasteiger partial charge in [0.2, 0.25) is 10.0 Å². The Morgan fingerprint density at radius 3 is 2.59 bits per heavy atom. The van der Waals surface area contributed by atoms with Crippen LogP contribution in [0.4, 0.5) is 0 Å². The standard InChI is InChI=1S/C24H20ClN3O3S/c1-16(13-17-15-27-23-7-3-2-5-20(17)23)28-32(29,30)19-11-9-18(10-12-19)31-24-8-4-6-22(25)21(24)14-26/h2-12,15-16,27-28H,13H2,1H3. The van der Waals surface area contributed by atoms with E-state index in [1.54, 1.807) is 30.3 Å². The van der Waals surface area contributed by atoms with Gasteiger partial charge in [0, 0.05) is 23.1 Å². The molecule has 0 bridgehead atoms. The highest BCUT2D eigenvalue weighted by atomic mass is 35.5. The van der Waals surface area contributed by atoms with E-state index in [4.69, 9.17) is 16.3 Å². The molecule has 8 heteroatoms. The molecule has 162 valence electrons. The second-order valence-corrected chi connectivity index (χ2v) is 9.51. The van der Waals surface area contributed by atoms with Crippen LogP contribution in [0.5, 0.6) is 11.5 Å². The predicted molar refractivity (Wildman–Crippen MR) is 124 cm³/mol. The third-order valence-corrected chi connectivity index (χ3v) is 6.93. The number of hydrogen-bond acceptors (Lipinski definition) is 4. The summed E-state index contributed by atoms with van der Waals surface area (Å²) in [4.78, 5) is 3.33. The van der Waals surface area contributed by atoms with Crippen molar-refractivity contribution in [1.29, 1.82) is 5.26 Å². The minimum absolute atomic E-state index is 0.127. The highest BCUT2D eigenvalue weighted by Crippen LogP contribution is 2.30. The van der Waals surface area contributed by atoms with Gasteiger partial charge in [0.25, 0.3) is 0 Å². The lowest BCUT2D eigenvalue weighted by atomic mass is 10.1. The Hall–Kier alpha value is -3.31. The Morgan fingerprint density at radius 2 is 1.84 bits per heavy atom. The van der Waals surface area contributed by atoms with Crippen LogP contribution in [0.3, 0.4) is 0 Å². The number of nitrogens with zero attached hydrogens (tertiary/aromatic N) is 1. The monoisotopic (exact) mass is 465 g/mol. The number of rotatable bonds is 7. The number of hydrogen-bond donors (Lipinski definition) is 2. The summed E-state index contributed by atoms with van der Waals surface area (Å²) in [5.41, 5.74) is 2.29. The van der Waals surface area contributed by atoms with Crippen molar-refractivity contribution >= 4 is 32.5 Å². The first-order valence-corrected chi connectivity index (χ1v) is 11.8. The number of nitrogens with one attached hydrogen (secondary N) is 2. The molecular formula is C24H20ClN3O3S. The lowest BCUT2D eigenvalue weighted by molar-refractivity contribution is 0.480. The molecule has 0 radical (unpaired) electrons. The highest BCUT2D eigenvalue weighted by Gasteiger charge is 2.19. The maximum absolute atomic E-state index is 12.8. The first-order valence-electron chi connectivity index (χ1n) is 9.91. The van der Waals surface area contributed by atoms with Gasteiger partial charge in [0.15, 0.2) is 0 Å². The predicted octanol–water partition coefficient (Wildman–Crippen LogP) is 5.39. The first kappa shape index (κ1) is 21.9. The number of fused-ring (bicyclic) bond motifs is 1. The molecule has 1 aromatic heterocycles. The van der Waals surface area contributed by atoms with E-state index < -0.39 is 10.0 Å². The van der Waals surface area contributed by atoms with Gasteiger partial charge in [-0.15, -0.1) is 0 Å². The van der Waals surface area contributed by atoms with E-state index >= 15 is 0 Å². The quantitative estimate of drug-likeness (QED) is 0.382. The molecule has 0 aliphatic carbocycles. The van der Waals surface area contributed by atoms with Crippen LogP contribution in [0.15, 0.2) is 77.8 Å². The van der Waals surface area contributed by atoms with Crippen molar-refractivity contribution in [2.75, 3.05) is 0 Å². The summed E-state index contributed by atoms with van der Waals surface area (Å²) in [6.45, 7) is 1.83. The van der Waals surface area contributed by atoms with Crippen molar-refractivity contribution in [3.8, 4) is 17.6 Å². The number of halogens is 1. The van der Waals surface area contributed by atoms with E-state index in [1.807, 2.05) is 43.5 Å². The zero-order valence-corrected chi connectivity index (χ0v) is 18.7. The van der Waals surface area contributed by atoms with E-state index in [1.165, 1.54) is 12.1 Å². The molecule has 1 heterocycles. The number of benzene rings is 3.